The Bertz CT molecular complexity index is 1120. The lowest BCUT2D eigenvalue weighted by molar-refractivity contribution is -0.139. The third-order valence-corrected chi connectivity index (χ3v) is 7.83. The van der Waals surface area contributed by atoms with Gasteiger partial charge in [-0.05, 0) is 62.4 Å². The van der Waals surface area contributed by atoms with Crippen molar-refractivity contribution in [3.8, 4) is 5.75 Å². The highest BCUT2D eigenvalue weighted by Gasteiger charge is 2.32. The third kappa shape index (κ3) is 8.21. The molecule has 8 nitrogen and oxygen atoms in total. The summed E-state index contributed by atoms with van der Waals surface area (Å²) in [4.78, 5) is 28.6. The van der Waals surface area contributed by atoms with Gasteiger partial charge in [0, 0.05) is 12.6 Å². The van der Waals surface area contributed by atoms with E-state index in [0.29, 0.717) is 37.4 Å². The first-order valence-corrected chi connectivity index (χ1v) is 14.9. The summed E-state index contributed by atoms with van der Waals surface area (Å²) in [5, 5.41) is 3.12. The topological polar surface area (TPSA) is 96.0 Å². The van der Waals surface area contributed by atoms with Crippen LogP contribution in [0.1, 0.15) is 51.5 Å². The van der Waals surface area contributed by atoms with Gasteiger partial charge in [-0.1, -0.05) is 50.1 Å². The third-order valence-electron chi connectivity index (χ3n) is 6.69. The Labute approximate surface area is 221 Å². The van der Waals surface area contributed by atoms with E-state index in [9.17, 15) is 18.0 Å². The minimum atomic E-state index is -3.77. The molecule has 2 aromatic carbocycles. The number of hydrogen-bond donors (Lipinski definition) is 1. The van der Waals surface area contributed by atoms with Crippen LogP contribution in [0.15, 0.2) is 54.6 Å². The lowest BCUT2D eigenvalue weighted by atomic mass is 10.1. The molecule has 1 saturated carbocycles. The summed E-state index contributed by atoms with van der Waals surface area (Å²) < 4.78 is 32.0. The van der Waals surface area contributed by atoms with Crippen LogP contribution < -0.4 is 14.4 Å². The lowest BCUT2D eigenvalue weighted by Gasteiger charge is -2.33. The van der Waals surface area contributed by atoms with Crippen LogP contribution in [0.3, 0.4) is 0 Å². The zero-order valence-corrected chi connectivity index (χ0v) is 22.9. The second-order valence-electron chi connectivity index (χ2n) is 9.43. The first-order chi connectivity index (χ1) is 17.7. The zero-order valence-electron chi connectivity index (χ0n) is 22.1. The van der Waals surface area contributed by atoms with Crippen molar-refractivity contribution >= 4 is 27.5 Å². The number of anilines is 1. The molecular weight excluding hydrogens is 490 g/mol. The average molecular weight is 530 g/mol. The van der Waals surface area contributed by atoms with Crippen molar-refractivity contribution in [2.24, 2.45) is 0 Å². The number of amides is 2. The predicted molar refractivity (Wildman–Crippen MR) is 146 cm³/mol. The van der Waals surface area contributed by atoms with Crippen molar-refractivity contribution in [2.75, 3.05) is 30.3 Å². The van der Waals surface area contributed by atoms with Crippen LogP contribution in [-0.2, 0) is 26.0 Å². The molecule has 202 valence electrons. The van der Waals surface area contributed by atoms with E-state index >= 15 is 0 Å². The van der Waals surface area contributed by atoms with Gasteiger partial charge in [0.15, 0.2) is 0 Å². The minimum absolute atomic E-state index is 0.129. The molecule has 0 heterocycles. The molecule has 0 spiro atoms. The Balaban J connectivity index is 1.84. The van der Waals surface area contributed by atoms with Crippen molar-refractivity contribution < 1.29 is 22.7 Å². The maximum Gasteiger partial charge on any atom is 0.244 e. The van der Waals surface area contributed by atoms with E-state index in [-0.39, 0.29) is 11.9 Å². The molecule has 0 saturated heterocycles. The molecule has 0 bridgehead atoms. The summed E-state index contributed by atoms with van der Waals surface area (Å²) in [6.07, 6.45) is 6.13. The van der Waals surface area contributed by atoms with Gasteiger partial charge in [0.1, 0.15) is 18.3 Å². The first-order valence-electron chi connectivity index (χ1n) is 13.1. The number of nitrogens with zero attached hydrogens (tertiary/aromatic N) is 2. The number of rotatable bonds is 13. The van der Waals surface area contributed by atoms with Crippen molar-refractivity contribution in [3.63, 3.8) is 0 Å². The Morgan fingerprint density at radius 3 is 2.24 bits per heavy atom. The van der Waals surface area contributed by atoms with E-state index in [4.69, 9.17) is 4.74 Å². The van der Waals surface area contributed by atoms with Crippen LogP contribution in [0.2, 0.25) is 0 Å². The Kier molecular flexibility index (Phi) is 10.4. The normalized spacial score (nSPS) is 14.7. The molecular formula is C28H39N3O5S. The fourth-order valence-electron chi connectivity index (χ4n) is 4.75. The number of nitrogens with one attached hydrogen (secondary N) is 1. The minimum Gasteiger partial charge on any atom is -0.494 e. The highest BCUT2D eigenvalue weighted by atomic mass is 32.2. The summed E-state index contributed by atoms with van der Waals surface area (Å²) in [5.41, 5.74) is 1.41. The Morgan fingerprint density at radius 2 is 1.68 bits per heavy atom. The van der Waals surface area contributed by atoms with Crippen LogP contribution in [0.4, 0.5) is 5.69 Å². The molecule has 1 aliphatic carbocycles. The fourth-order valence-corrected chi connectivity index (χ4v) is 5.60. The molecule has 0 aromatic heterocycles. The maximum atomic E-state index is 13.7. The van der Waals surface area contributed by atoms with Crippen molar-refractivity contribution in [3.05, 3.63) is 60.2 Å². The van der Waals surface area contributed by atoms with Gasteiger partial charge >= 0.3 is 0 Å². The van der Waals surface area contributed by atoms with E-state index < -0.39 is 28.5 Å². The number of ether oxygens (including phenoxy) is 1. The molecule has 3 rings (SSSR count). The quantitative estimate of drug-likeness (QED) is 0.426. The van der Waals surface area contributed by atoms with Crippen LogP contribution in [0.5, 0.6) is 5.75 Å². The molecule has 2 amide bonds. The molecule has 1 atom stereocenters. The summed E-state index contributed by atoms with van der Waals surface area (Å²) >= 11 is 0. The summed E-state index contributed by atoms with van der Waals surface area (Å²) in [7, 11) is -3.77. The molecule has 1 N–H and O–H groups in total. The maximum absolute atomic E-state index is 13.7. The summed E-state index contributed by atoms with van der Waals surface area (Å²) in [5.74, 6) is 0.0246. The largest absolute Gasteiger partial charge is 0.494 e. The van der Waals surface area contributed by atoms with Crippen LogP contribution in [0, 0.1) is 0 Å². The van der Waals surface area contributed by atoms with Crippen LogP contribution in [-0.4, -0.2) is 63.2 Å². The van der Waals surface area contributed by atoms with Gasteiger partial charge in [-0.2, -0.15) is 0 Å². The SMILES string of the molecule is CCOc1ccc(N(CC(=O)N(CCc2ccccc2)[C@@H](CC)C(=O)NC2CCCC2)S(C)(=O)=O)cc1. The van der Waals surface area contributed by atoms with E-state index in [1.165, 1.54) is 0 Å². The second-order valence-corrected chi connectivity index (χ2v) is 11.3. The zero-order chi connectivity index (χ0) is 26.8. The lowest BCUT2D eigenvalue weighted by Crippen LogP contribution is -2.54. The van der Waals surface area contributed by atoms with Gasteiger partial charge in [0.2, 0.25) is 21.8 Å². The van der Waals surface area contributed by atoms with Gasteiger partial charge in [-0.15, -0.1) is 0 Å². The molecule has 2 aromatic rings. The smallest absolute Gasteiger partial charge is 0.244 e. The number of carbonyl (C=O) groups is 2. The molecule has 0 aliphatic heterocycles. The van der Waals surface area contributed by atoms with Gasteiger partial charge in [0.25, 0.3) is 0 Å². The van der Waals surface area contributed by atoms with Crippen molar-refractivity contribution in [2.45, 2.75) is 64.5 Å². The van der Waals surface area contributed by atoms with Gasteiger partial charge in [-0.25, -0.2) is 8.42 Å². The second kappa shape index (κ2) is 13.5. The Hall–Kier alpha value is -3.07. The van der Waals surface area contributed by atoms with Gasteiger partial charge < -0.3 is 15.0 Å². The van der Waals surface area contributed by atoms with Gasteiger partial charge in [-0.3, -0.25) is 13.9 Å². The van der Waals surface area contributed by atoms with E-state index in [0.717, 1.165) is 41.8 Å². The predicted octanol–water partition coefficient (Wildman–Crippen LogP) is 3.76. The average Bonchev–Trinajstić information content (AvgIpc) is 3.38. The molecule has 9 heteroatoms. The first kappa shape index (κ1) is 28.5. The van der Waals surface area contributed by atoms with Crippen LogP contribution in [0.25, 0.3) is 0 Å². The molecule has 1 fully saturated rings. The van der Waals surface area contributed by atoms with E-state index in [1.54, 1.807) is 29.2 Å². The highest BCUT2D eigenvalue weighted by molar-refractivity contribution is 7.92. The van der Waals surface area contributed by atoms with Gasteiger partial charge in [0.05, 0.1) is 18.6 Å². The summed E-state index contributed by atoms with van der Waals surface area (Å²) in [6, 6.07) is 15.8. The molecule has 0 unspecified atom stereocenters. The monoisotopic (exact) mass is 529 g/mol. The number of carbonyl (C=O) groups excluding carboxylic acids is 2. The Morgan fingerprint density at radius 1 is 1.03 bits per heavy atom. The van der Waals surface area contributed by atoms with Crippen LogP contribution >= 0.6 is 0 Å². The number of benzene rings is 2. The molecule has 1 aliphatic rings. The molecule has 0 radical (unpaired) electrons. The summed E-state index contributed by atoms with van der Waals surface area (Å²) in [6.45, 7) is 4.15. The number of hydrogen-bond acceptors (Lipinski definition) is 5. The van der Waals surface area contributed by atoms with Crippen molar-refractivity contribution in [1.82, 2.24) is 10.2 Å². The van der Waals surface area contributed by atoms with E-state index in [2.05, 4.69) is 5.32 Å². The number of sulfonamides is 1. The van der Waals surface area contributed by atoms with Crippen molar-refractivity contribution in [1.29, 1.82) is 0 Å². The van der Waals surface area contributed by atoms with E-state index in [1.807, 2.05) is 44.2 Å². The highest BCUT2D eigenvalue weighted by Crippen LogP contribution is 2.23. The fraction of sp³-hybridized carbons (Fsp3) is 0.500. The molecule has 37 heavy (non-hydrogen) atoms. The standard InChI is InChI=1S/C28H39N3O5S/c1-4-26(28(33)29-23-13-9-10-14-23)30(20-19-22-11-7-6-8-12-22)27(32)21-31(37(3,34)35)24-15-17-25(18-16-24)36-5-2/h6-8,11-12,15-18,23,26H,4-5,9-10,13-14,19-21H2,1-3H3,(H,29,33)/t26-/m0/s1.